The molecule has 0 bridgehead atoms. The Hall–Kier alpha value is -0.840. The maximum atomic E-state index is 14.0. The maximum absolute atomic E-state index is 14.0. The first-order valence-corrected chi connectivity index (χ1v) is 7.00. The summed E-state index contributed by atoms with van der Waals surface area (Å²) in [7, 11) is 0. The minimum Gasteiger partial charge on any atom is -0.271 e. The van der Waals surface area contributed by atoms with Gasteiger partial charge in [-0.25, -0.2) is 4.39 Å². The second-order valence-electron chi connectivity index (χ2n) is 4.30. The van der Waals surface area contributed by atoms with Crippen LogP contribution >= 0.6 is 34.8 Å². The summed E-state index contributed by atoms with van der Waals surface area (Å²) in [6.07, 6.45) is 0.420. The molecule has 20 heavy (non-hydrogen) atoms. The van der Waals surface area contributed by atoms with E-state index in [-0.39, 0.29) is 5.02 Å². The van der Waals surface area contributed by atoms with Crippen LogP contribution in [-0.2, 0) is 6.42 Å². The van der Waals surface area contributed by atoms with Gasteiger partial charge in [-0.15, -0.1) is 0 Å². The molecule has 0 saturated heterocycles. The van der Waals surface area contributed by atoms with E-state index >= 15 is 0 Å². The van der Waals surface area contributed by atoms with E-state index in [1.165, 1.54) is 6.07 Å². The molecule has 0 spiro atoms. The van der Waals surface area contributed by atoms with Crippen LogP contribution in [0.4, 0.5) is 4.39 Å². The largest absolute Gasteiger partial charge is 0.271 e. The molecule has 106 valence electrons. The number of rotatable bonds is 4. The third-order valence-electron chi connectivity index (χ3n) is 3.00. The Morgan fingerprint density at radius 2 is 1.85 bits per heavy atom. The van der Waals surface area contributed by atoms with E-state index < -0.39 is 11.9 Å². The third kappa shape index (κ3) is 3.43. The molecule has 0 aliphatic carbocycles. The lowest BCUT2D eigenvalue weighted by Gasteiger charge is -2.18. The van der Waals surface area contributed by atoms with Gasteiger partial charge in [-0.3, -0.25) is 11.3 Å². The van der Waals surface area contributed by atoms with E-state index in [1.807, 2.05) is 0 Å². The molecule has 2 aromatic rings. The highest BCUT2D eigenvalue weighted by Crippen LogP contribution is 2.29. The lowest BCUT2D eigenvalue weighted by atomic mass is 9.99. The van der Waals surface area contributed by atoms with Crippen LogP contribution in [0.2, 0.25) is 15.1 Å². The van der Waals surface area contributed by atoms with Crippen LogP contribution in [0.15, 0.2) is 36.4 Å². The Morgan fingerprint density at radius 1 is 1.10 bits per heavy atom. The van der Waals surface area contributed by atoms with Crippen molar-refractivity contribution in [2.75, 3.05) is 0 Å². The van der Waals surface area contributed by atoms with Crippen molar-refractivity contribution in [1.29, 1.82) is 0 Å². The van der Waals surface area contributed by atoms with Crippen molar-refractivity contribution in [1.82, 2.24) is 5.43 Å². The van der Waals surface area contributed by atoms with Gasteiger partial charge in [0.05, 0.1) is 11.1 Å². The molecule has 0 aliphatic rings. The molecule has 0 heterocycles. The van der Waals surface area contributed by atoms with Gasteiger partial charge in [0.15, 0.2) is 0 Å². The van der Waals surface area contributed by atoms with Crippen molar-refractivity contribution in [3.05, 3.63) is 68.4 Å². The zero-order chi connectivity index (χ0) is 14.7. The number of hydrogen-bond acceptors (Lipinski definition) is 2. The van der Waals surface area contributed by atoms with Gasteiger partial charge in [0.1, 0.15) is 5.82 Å². The molecule has 0 aliphatic heterocycles. The van der Waals surface area contributed by atoms with Crippen LogP contribution in [0.3, 0.4) is 0 Å². The highest BCUT2D eigenvalue weighted by Gasteiger charge is 2.18. The minimum atomic E-state index is -0.484. The summed E-state index contributed by atoms with van der Waals surface area (Å²) in [4.78, 5) is 0. The van der Waals surface area contributed by atoms with Crippen LogP contribution in [0.5, 0.6) is 0 Å². The number of nitrogens with one attached hydrogen (secondary N) is 1. The van der Waals surface area contributed by atoms with Gasteiger partial charge >= 0.3 is 0 Å². The fourth-order valence-electron chi connectivity index (χ4n) is 1.96. The molecular formula is C14H12Cl3FN2. The number of halogens is 4. The first-order valence-electron chi connectivity index (χ1n) is 5.87. The van der Waals surface area contributed by atoms with Crippen LogP contribution in [0.1, 0.15) is 17.2 Å². The summed E-state index contributed by atoms with van der Waals surface area (Å²) in [5.41, 5.74) is 3.80. The molecule has 1 atom stereocenters. The average molecular weight is 334 g/mol. The van der Waals surface area contributed by atoms with Crippen molar-refractivity contribution in [3.8, 4) is 0 Å². The van der Waals surface area contributed by atoms with Crippen LogP contribution in [0, 0.1) is 5.82 Å². The molecule has 0 saturated carbocycles. The summed E-state index contributed by atoms with van der Waals surface area (Å²) in [6.45, 7) is 0. The van der Waals surface area contributed by atoms with Gasteiger partial charge in [-0.1, -0.05) is 53.0 Å². The Labute approximate surface area is 131 Å². The summed E-state index contributed by atoms with van der Waals surface area (Å²) in [5.74, 6) is 5.04. The first-order chi connectivity index (χ1) is 9.52. The van der Waals surface area contributed by atoms with Gasteiger partial charge in [-0.05, 0) is 30.2 Å². The molecule has 2 aromatic carbocycles. The Balaban J connectivity index is 2.31. The van der Waals surface area contributed by atoms with Crippen LogP contribution in [-0.4, -0.2) is 0 Å². The molecule has 0 aromatic heterocycles. The predicted molar refractivity (Wildman–Crippen MR) is 81.6 cm³/mol. The summed E-state index contributed by atoms with van der Waals surface area (Å²) < 4.78 is 14.0. The third-order valence-corrected chi connectivity index (χ3v) is 3.88. The van der Waals surface area contributed by atoms with E-state index in [9.17, 15) is 4.39 Å². The lowest BCUT2D eigenvalue weighted by molar-refractivity contribution is 0.511. The predicted octanol–water partition coefficient (Wildman–Crippen LogP) is 4.53. The highest BCUT2D eigenvalue weighted by atomic mass is 35.5. The van der Waals surface area contributed by atoms with Crippen molar-refractivity contribution >= 4 is 34.8 Å². The Kier molecular flexibility index (Phi) is 5.24. The second kappa shape index (κ2) is 6.74. The zero-order valence-corrected chi connectivity index (χ0v) is 12.6. The van der Waals surface area contributed by atoms with Gasteiger partial charge in [0, 0.05) is 15.6 Å². The topological polar surface area (TPSA) is 38.0 Å². The smallest absolute Gasteiger partial charge is 0.146 e. The summed E-state index contributed by atoms with van der Waals surface area (Å²) >= 11 is 17.7. The fraction of sp³-hybridized carbons (Fsp3) is 0.143. The van der Waals surface area contributed by atoms with Crippen molar-refractivity contribution < 1.29 is 4.39 Å². The quantitative estimate of drug-likeness (QED) is 0.637. The van der Waals surface area contributed by atoms with Gasteiger partial charge in [0.25, 0.3) is 0 Å². The summed E-state index contributed by atoms with van der Waals surface area (Å²) in [6, 6.07) is 9.52. The second-order valence-corrected chi connectivity index (χ2v) is 5.55. The maximum Gasteiger partial charge on any atom is 0.146 e. The minimum absolute atomic E-state index is 0.0601. The lowest BCUT2D eigenvalue weighted by Crippen LogP contribution is -2.30. The van der Waals surface area contributed by atoms with Gasteiger partial charge in [-0.2, -0.15) is 0 Å². The van der Waals surface area contributed by atoms with Crippen molar-refractivity contribution in [2.45, 2.75) is 12.5 Å². The molecule has 6 heteroatoms. The molecule has 2 rings (SSSR count). The number of nitrogens with two attached hydrogens (primary N) is 1. The Morgan fingerprint density at radius 3 is 2.50 bits per heavy atom. The average Bonchev–Trinajstić information content (AvgIpc) is 2.42. The van der Waals surface area contributed by atoms with E-state index in [4.69, 9.17) is 40.6 Å². The molecule has 0 radical (unpaired) electrons. The van der Waals surface area contributed by atoms with Gasteiger partial charge < -0.3 is 0 Å². The standard InChI is InChI=1S/C14H12Cl3FN2/c15-9-5-4-8(12(17)7-9)6-13(20-19)10-2-1-3-11(16)14(10)18/h1-5,7,13,20H,6,19H2. The molecule has 0 fully saturated rings. The molecule has 0 amide bonds. The van der Waals surface area contributed by atoms with Crippen molar-refractivity contribution in [2.24, 2.45) is 5.84 Å². The molecule has 2 nitrogen and oxygen atoms in total. The van der Waals surface area contributed by atoms with E-state index in [0.717, 1.165) is 5.56 Å². The Bertz CT molecular complexity index is 619. The zero-order valence-electron chi connectivity index (χ0n) is 10.3. The summed E-state index contributed by atoms with van der Waals surface area (Å²) in [5, 5.41) is 1.12. The normalized spacial score (nSPS) is 12.4. The van der Waals surface area contributed by atoms with E-state index in [0.29, 0.717) is 22.0 Å². The van der Waals surface area contributed by atoms with Crippen LogP contribution < -0.4 is 11.3 Å². The first kappa shape index (κ1) is 15.5. The van der Waals surface area contributed by atoms with Crippen molar-refractivity contribution in [3.63, 3.8) is 0 Å². The van der Waals surface area contributed by atoms with E-state index in [2.05, 4.69) is 5.43 Å². The van der Waals surface area contributed by atoms with Gasteiger partial charge in [0.2, 0.25) is 0 Å². The number of hydrogen-bond donors (Lipinski definition) is 2. The number of hydrazine groups is 1. The fourth-order valence-corrected chi connectivity index (χ4v) is 2.62. The highest BCUT2D eigenvalue weighted by molar-refractivity contribution is 6.35. The number of benzene rings is 2. The molecular weight excluding hydrogens is 322 g/mol. The molecule has 1 unspecified atom stereocenters. The van der Waals surface area contributed by atoms with Crippen LogP contribution in [0.25, 0.3) is 0 Å². The monoisotopic (exact) mass is 332 g/mol. The van der Waals surface area contributed by atoms with E-state index in [1.54, 1.807) is 30.3 Å². The molecule has 3 N–H and O–H groups in total. The SMILES string of the molecule is NNC(Cc1ccc(Cl)cc1Cl)c1cccc(Cl)c1F.